The zero-order chi connectivity index (χ0) is 17.2. The minimum atomic E-state index is -0.209. The molecule has 1 aliphatic carbocycles. The molecular formula is C18H24N4O3. The van der Waals surface area contributed by atoms with Crippen LogP contribution in [0.4, 0.5) is 15.3 Å². The van der Waals surface area contributed by atoms with Crippen LogP contribution in [0.5, 0.6) is 0 Å². The smallest absolute Gasteiger partial charge is 0.319 e. The molecule has 134 valence electrons. The molecule has 2 heterocycles. The van der Waals surface area contributed by atoms with Crippen molar-refractivity contribution in [1.82, 2.24) is 15.5 Å². The van der Waals surface area contributed by atoms with Crippen LogP contribution >= 0.6 is 0 Å². The first-order valence-electron chi connectivity index (χ1n) is 9.00. The van der Waals surface area contributed by atoms with E-state index in [2.05, 4.69) is 16.0 Å². The molecule has 7 nitrogen and oxygen atoms in total. The molecule has 4 amide bonds. The van der Waals surface area contributed by atoms with Crippen LogP contribution in [0, 0.1) is 5.92 Å². The average Bonchev–Trinajstić information content (AvgIpc) is 3.21. The van der Waals surface area contributed by atoms with E-state index < -0.39 is 0 Å². The van der Waals surface area contributed by atoms with E-state index in [1.807, 2.05) is 24.3 Å². The summed E-state index contributed by atoms with van der Waals surface area (Å²) in [5, 5.41) is 8.80. The second-order valence-electron chi connectivity index (χ2n) is 6.98. The lowest BCUT2D eigenvalue weighted by molar-refractivity contribution is 0.0829. The van der Waals surface area contributed by atoms with E-state index in [1.54, 1.807) is 4.90 Å². The highest BCUT2D eigenvalue weighted by Crippen LogP contribution is 2.38. The summed E-state index contributed by atoms with van der Waals surface area (Å²) in [6, 6.07) is 7.42. The number of hydrogen-bond donors (Lipinski definition) is 3. The molecule has 4 rings (SSSR count). The first kappa shape index (κ1) is 16.2. The maximum atomic E-state index is 12.4. The van der Waals surface area contributed by atoms with Gasteiger partial charge in [-0.2, -0.15) is 0 Å². The fourth-order valence-corrected chi connectivity index (χ4v) is 3.63. The molecule has 2 atom stereocenters. The first-order chi connectivity index (χ1) is 12.2. The lowest BCUT2D eigenvalue weighted by Crippen LogP contribution is -2.43. The number of benzene rings is 1. The van der Waals surface area contributed by atoms with Crippen molar-refractivity contribution in [2.75, 3.05) is 25.0 Å². The van der Waals surface area contributed by atoms with Crippen LogP contribution < -0.4 is 16.0 Å². The Morgan fingerprint density at radius 1 is 1.28 bits per heavy atom. The van der Waals surface area contributed by atoms with E-state index >= 15 is 0 Å². The lowest BCUT2D eigenvalue weighted by Gasteiger charge is -2.21. The third kappa shape index (κ3) is 3.71. The van der Waals surface area contributed by atoms with Crippen molar-refractivity contribution in [3.63, 3.8) is 0 Å². The van der Waals surface area contributed by atoms with Gasteiger partial charge >= 0.3 is 12.1 Å². The molecule has 25 heavy (non-hydrogen) atoms. The van der Waals surface area contributed by atoms with Crippen molar-refractivity contribution in [3.05, 3.63) is 29.8 Å². The Labute approximate surface area is 147 Å². The van der Waals surface area contributed by atoms with E-state index in [1.165, 1.54) is 12.8 Å². The van der Waals surface area contributed by atoms with Gasteiger partial charge in [0.15, 0.2) is 0 Å². The number of ether oxygens (including phenoxy) is 1. The highest BCUT2D eigenvalue weighted by Gasteiger charge is 2.41. The Morgan fingerprint density at radius 3 is 2.88 bits per heavy atom. The zero-order valence-electron chi connectivity index (χ0n) is 14.2. The van der Waals surface area contributed by atoms with Gasteiger partial charge in [-0.1, -0.05) is 18.2 Å². The minimum absolute atomic E-state index is 0.0605. The molecular weight excluding hydrogens is 320 g/mol. The molecule has 0 radical (unpaired) electrons. The summed E-state index contributed by atoms with van der Waals surface area (Å²) in [4.78, 5) is 25.9. The fourth-order valence-electron chi connectivity index (χ4n) is 3.63. The van der Waals surface area contributed by atoms with Crippen LogP contribution in [0.3, 0.4) is 0 Å². The lowest BCUT2D eigenvalue weighted by atomic mass is 10.1. The predicted octanol–water partition coefficient (Wildman–Crippen LogP) is 1.90. The second-order valence-corrected chi connectivity index (χ2v) is 6.98. The van der Waals surface area contributed by atoms with Gasteiger partial charge in [0.05, 0.1) is 12.1 Å². The molecule has 0 unspecified atom stereocenters. The van der Waals surface area contributed by atoms with Crippen LogP contribution in [0.25, 0.3) is 0 Å². The number of nitrogens with zero attached hydrogens (tertiary/aromatic N) is 1. The molecule has 1 aromatic rings. The maximum Gasteiger partial charge on any atom is 0.319 e. The van der Waals surface area contributed by atoms with E-state index in [0.717, 1.165) is 17.7 Å². The van der Waals surface area contributed by atoms with E-state index in [0.29, 0.717) is 32.2 Å². The third-order valence-electron chi connectivity index (χ3n) is 5.11. The number of nitrogens with one attached hydrogen (secondary N) is 3. The van der Waals surface area contributed by atoms with E-state index in [-0.39, 0.29) is 24.2 Å². The van der Waals surface area contributed by atoms with Gasteiger partial charge in [0.2, 0.25) is 0 Å². The van der Waals surface area contributed by atoms with Gasteiger partial charge in [0.25, 0.3) is 0 Å². The number of hydrogen-bond acceptors (Lipinski definition) is 3. The summed E-state index contributed by atoms with van der Waals surface area (Å²) in [7, 11) is 0. The second kappa shape index (κ2) is 6.92. The fraction of sp³-hybridized carbons (Fsp3) is 0.556. The quantitative estimate of drug-likeness (QED) is 0.763. The summed E-state index contributed by atoms with van der Waals surface area (Å²) >= 11 is 0. The summed E-state index contributed by atoms with van der Waals surface area (Å²) < 4.78 is 5.77. The number of carbonyl (C=O) groups is 2. The Balaban J connectivity index is 1.38. The zero-order valence-corrected chi connectivity index (χ0v) is 14.2. The first-order valence-corrected chi connectivity index (χ1v) is 9.00. The van der Waals surface area contributed by atoms with Crippen LogP contribution in [-0.2, 0) is 11.3 Å². The van der Waals surface area contributed by atoms with Crippen molar-refractivity contribution in [2.24, 2.45) is 5.92 Å². The Bertz CT molecular complexity index is 661. The van der Waals surface area contributed by atoms with Gasteiger partial charge in [0.1, 0.15) is 0 Å². The monoisotopic (exact) mass is 344 g/mol. The van der Waals surface area contributed by atoms with Crippen molar-refractivity contribution >= 4 is 17.7 Å². The van der Waals surface area contributed by atoms with Crippen molar-refractivity contribution < 1.29 is 14.3 Å². The van der Waals surface area contributed by atoms with Crippen LogP contribution in [-0.4, -0.2) is 48.8 Å². The number of amides is 4. The van der Waals surface area contributed by atoms with E-state index in [9.17, 15) is 9.59 Å². The van der Waals surface area contributed by atoms with Gasteiger partial charge < -0.3 is 25.6 Å². The van der Waals surface area contributed by atoms with Crippen LogP contribution in [0.15, 0.2) is 24.3 Å². The van der Waals surface area contributed by atoms with Crippen molar-refractivity contribution in [3.8, 4) is 0 Å². The van der Waals surface area contributed by atoms with Crippen molar-refractivity contribution in [1.29, 1.82) is 0 Å². The number of anilines is 1. The van der Waals surface area contributed by atoms with E-state index in [4.69, 9.17) is 4.74 Å². The number of para-hydroxylation sites is 1. The Morgan fingerprint density at radius 2 is 2.12 bits per heavy atom. The molecule has 1 aromatic carbocycles. The highest BCUT2D eigenvalue weighted by atomic mass is 16.5. The molecule has 1 saturated carbocycles. The standard InChI is InChI=1S/C18H24N4O3/c23-17(21-15-7-10-25-16(15)12-5-6-12)20-14-4-2-1-3-13(14)11-22-9-8-19-18(22)24/h1-4,12,15-16H,5-11H2,(H,19,24)(H2,20,21,23)/t15-,16+/m1/s1. The molecule has 0 bridgehead atoms. The molecule has 3 aliphatic rings. The molecule has 0 aromatic heterocycles. The molecule has 0 spiro atoms. The van der Waals surface area contributed by atoms with Gasteiger partial charge in [0, 0.05) is 31.9 Å². The highest BCUT2D eigenvalue weighted by molar-refractivity contribution is 5.90. The molecule has 7 heteroatoms. The van der Waals surface area contributed by atoms with Crippen molar-refractivity contribution in [2.45, 2.75) is 38.0 Å². The molecule has 2 aliphatic heterocycles. The number of rotatable bonds is 5. The molecule has 3 fully saturated rings. The normalized spacial score (nSPS) is 25.8. The SMILES string of the molecule is O=C(Nc1ccccc1CN1CCNC1=O)N[C@@H]1CCO[C@H]1C1CC1. The summed E-state index contributed by atoms with van der Waals surface area (Å²) in [6.07, 6.45) is 3.43. The topological polar surface area (TPSA) is 82.7 Å². The Kier molecular flexibility index (Phi) is 4.48. The van der Waals surface area contributed by atoms with Gasteiger partial charge in [-0.15, -0.1) is 0 Å². The number of urea groups is 2. The number of carbonyl (C=O) groups excluding carboxylic acids is 2. The minimum Gasteiger partial charge on any atom is -0.376 e. The van der Waals surface area contributed by atoms with Gasteiger partial charge in [-0.05, 0) is 36.8 Å². The summed E-state index contributed by atoms with van der Waals surface area (Å²) in [5.41, 5.74) is 1.66. The molecule has 3 N–H and O–H groups in total. The maximum absolute atomic E-state index is 12.4. The van der Waals surface area contributed by atoms with Crippen LogP contribution in [0.1, 0.15) is 24.8 Å². The van der Waals surface area contributed by atoms with Crippen LogP contribution in [0.2, 0.25) is 0 Å². The molecule has 2 saturated heterocycles. The predicted molar refractivity (Wildman–Crippen MR) is 93.3 cm³/mol. The summed E-state index contributed by atoms with van der Waals surface area (Å²) in [6.45, 7) is 2.55. The van der Waals surface area contributed by atoms with Gasteiger partial charge in [-0.3, -0.25) is 0 Å². The summed E-state index contributed by atoms with van der Waals surface area (Å²) in [5.74, 6) is 0.605. The third-order valence-corrected chi connectivity index (χ3v) is 5.11. The largest absolute Gasteiger partial charge is 0.376 e. The Hall–Kier alpha value is -2.28. The average molecular weight is 344 g/mol. The van der Waals surface area contributed by atoms with Gasteiger partial charge in [-0.25, -0.2) is 9.59 Å².